The minimum Gasteiger partial charge on any atom is -0.481 e. The normalized spacial score (nSPS) is 14.5. The van der Waals surface area contributed by atoms with Crippen molar-refractivity contribution in [2.45, 2.75) is 18.3 Å². The van der Waals surface area contributed by atoms with Crippen LogP contribution >= 0.6 is 11.3 Å². The van der Waals surface area contributed by atoms with Crippen LogP contribution in [0.15, 0.2) is 54.0 Å². The second-order valence-corrected chi connectivity index (χ2v) is 7.36. The molecule has 3 aromatic rings. The smallest absolute Gasteiger partial charge is 0.409 e. The van der Waals surface area contributed by atoms with E-state index in [9.17, 15) is 14.7 Å². The van der Waals surface area contributed by atoms with E-state index in [2.05, 4.69) is 10.3 Å². The molecule has 136 valence electrons. The number of rotatable bonds is 5. The molecule has 1 amide bonds. The third kappa shape index (κ3) is 3.17. The summed E-state index contributed by atoms with van der Waals surface area (Å²) in [4.78, 5) is 26.5. The fourth-order valence-electron chi connectivity index (χ4n) is 3.19. The van der Waals surface area contributed by atoms with Gasteiger partial charge < -0.3 is 10.2 Å². The van der Waals surface area contributed by atoms with Crippen LogP contribution in [0.4, 0.5) is 9.80 Å². The SMILES string of the molecule is O=C(O)Nc1scnc1-c1ccc(-c2ccc(C3(C(=O)O)CC3)cc2)cc1. The Morgan fingerprint density at radius 1 is 0.926 bits per heavy atom. The molecule has 7 heteroatoms. The monoisotopic (exact) mass is 380 g/mol. The van der Waals surface area contributed by atoms with Crippen LogP contribution in [0, 0.1) is 0 Å². The number of aromatic nitrogens is 1. The maximum atomic E-state index is 11.4. The van der Waals surface area contributed by atoms with Crippen LogP contribution in [0.2, 0.25) is 0 Å². The second-order valence-electron chi connectivity index (χ2n) is 6.50. The molecule has 6 nitrogen and oxygen atoms in total. The first-order chi connectivity index (χ1) is 13.0. The van der Waals surface area contributed by atoms with Crippen molar-refractivity contribution in [1.82, 2.24) is 4.98 Å². The standard InChI is InChI=1S/C20H16N2O4S/c23-18(24)20(9-10-20)15-7-5-13(6-8-15)12-1-3-14(4-2-12)16-17(22-19(25)26)27-11-21-16/h1-8,11,22H,9-10H2,(H,23,24)(H,25,26). The number of carboxylic acid groups (broad SMARTS) is 2. The van der Waals surface area contributed by atoms with Gasteiger partial charge in [-0.25, -0.2) is 9.78 Å². The van der Waals surface area contributed by atoms with E-state index < -0.39 is 17.5 Å². The van der Waals surface area contributed by atoms with Crippen LogP contribution in [0.1, 0.15) is 18.4 Å². The Bertz CT molecular complexity index is 1010. The number of nitrogens with zero attached hydrogens (tertiary/aromatic N) is 1. The molecule has 0 unspecified atom stereocenters. The highest BCUT2D eigenvalue weighted by Crippen LogP contribution is 2.48. The molecule has 0 aliphatic heterocycles. The third-order valence-electron chi connectivity index (χ3n) is 4.88. The van der Waals surface area contributed by atoms with Crippen LogP contribution in [0.25, 0.3) is 22.4 Å². The Morgan fingerprint density at radius 3 is 2.00 bits per heavy atom. The number of hydrogen-bond donors (Lipinski definition) is 3. The molecule has 0 atom stereocenters. The third-order valence-corrected chi connectivity index (χ3v) is 5.62. The number of anilines is 1. The zero-order chi connectivity index (χ0) is 19.0. The van der Waals surface area contributed by atoms with Crippen molar-refractivity contribution in [3.05, 3.63) is 59.6 Å². The van der Waals surface area contributed by atoms with Gasteiger partial charge in [0.25, 0.3) is 0 Å². The number of thiazole rings is 1. The van der Waals surface area contributed by atoms with Crippen molar-refractivity contribution in [2.24, 2.45) is 0 Å². The van der Waals surface area contributed by atoms with E-state index in [1.54, 1.807) is 5.51 Å². The Kier molecular flexibility index (Phi) is 4.16. The van der Waals surface area contributed by atoms with Gasteiger partial charge in [0.15, 0.2) is 0 Å². The number of amides is 1. The van der Waals surface area contributed by atoms with Gasteiger partial charge >= 0.3 is 12.1 Å². The zero-order valence-electron chi connectivity index (χ0n) is 14.2. The predicted octanol–water partition coefficient (Wildman–Crippen LogP) is 4.68. The lowest BCUT2D eigenvalue weighted by Crippen LogP contribution is -2.19. The van der Waals surface area contributed by atoms with Crippen molar-refractivity contribution in [3.8, 4) is 22.4 Å². The summed E-state index contributed by atoms with van der Waals surface area (Å²) in [7, 11) is 0. The van der Waals surface area contributed by atoms with Crippen LogP contribution in [0.5, 0.6) is 0 Å². The van der Waals surface area contributed by atoms with Gasteiger partial charge in [0.05, 0.1) is 10.9 Å². The van der Waals surface area contributed by atoms with Crippen molar-refractivity contribution >= 4 is 28.4 Å². The van der Waals surface area contributed by atoms with Crippen LogP contribution in [-0.2, 0) is 10.2 Å². The van der Waals surface area contributed by atoms with Gasteiger partial charge in [-0.15, -0.1) is 11.3 Å². The molecule has 1 aliphatic carbocycles. The first kappa shape index (κ1) is 17.2. The average Bonchev–Trinajstić information content (AvgIpc) is 3.36. The number of nitrogens with one attached hydrogen (secondary N) is 1. The van der Waals surface area contributed by atoms with Gasteiger partial charge in [-0.2, -0.15) is 0 Å². The van der Waals surface area contributed by atoms with E-state index in [4.69, 9.17) is 5.11 Å². The summed E-state index contributed by atoms with van der Waals surface area (Å²) in [5, 5.41) is 21.1. The summed E-state index contributed by atoms with van der Waals surface area (Å²) in [5.41, 5.74) is 5.16. The summed E-state index contributed by atoms with van der Waals surface area (Å²) in [6, 6.07) is 15.3. The molecule has 1 aromatic heterocycles. The summed E-state index contributed by atoms with van der Waals surface area (Å²) < 4.78 is 0. The van der Waals surface area contributed by atoms with Gasteiger partial charge in [0, 0.05) is 5.56 Å². The number of carbonyl (C=O) groups is 2. The molecule has 1 fully saturated rings. The van der Waals surface area contributed by atoms with E-state index in [1.165, 1.54) is 11.3 Å². The first-order valence-corrected chi connectivity index (χ1v) is 9.26. The van der Waals surface area contributed by atoms with Crippen LogP contribution in [0.3, 0.4) is 0 Å². The molecule has 1 saturated carbocycles. The van der Waals surface area contributed by atoms with Gasteiger partial charge in [0.2, 0.25) is 0 Å². The Balaban J connectivity index is 1.57. The molecule has 1 heterocycles. The van der Waals surface area contributed by atoms with E-state index in [0.29, 0.717) is 23.5 Å². The Labute approximate surface area is 159 Å². The largest absolute Gasteiger partial charge is 0.481 e. The predicted molar refractivity (Wildman–Crippen MR) is 103 cm³/mol. The Hall–Kier alpha value is -3.19. The molecule has 3 N–H and O–H groups in total. The molecular formula is C20H16N2O4S. The number of carboxylic acids is 1. The lowest BCUT2D eigenvalue weighted by molar-refractivity contribution is -0.140. The fourth-order valence-corrected chi connectivity index (χ4v) is 3.88. The van der Waals surface area contributed by atoms with Gasteiger partial charge in [0.1, 0.15) is 10.7 Å². The maximum absolute atomic E-state index is 11.4. The molecule has 0 radical (unpaired) electrons. The number of hydrogen-bond acceptors (Lipinski definition) is 4. The van der Waals surface area contributed by atoms with Gasteiger partial charge in [-0.1, -0.05) is 48.5 Å². The molecule has 1 aliphatic rings. The highest BCUT2D eigenvalue weighted by molar-refractivity contribution is 7.14. The van der Waals surface area contributed by atoms with Crippen molar-refractivity contribution in [3.63, 3.8) is 0 Å². The van der Waals surface area contributed by atoms with Crippen LogP contribution in [-0.4, -0.2) is 27.3 Å². The number of aliphatic carboxylic acids is 1. The summed E-state index contributed by atoms with van der Waals surface area (Å²) in [5.74, 6) is -0.756. The molecule has 4 rings (SSSR count). The van der Waals surface area contributed by atoms with Gasteiger partial charge in [-0.05, 0) is 29.5 Å². The average molecular weight is 380 g/mol. The zero-order valence-corrected chi connectivity index (χ0v) is 15.0. The van der Waals surface area contributed by atoms with Crippen LogP contribution < -0.4 is 5.32 Å². The lowest BCUT2D eigenvalue weighted by atomic mass is 9.93. The highest BCUT2D eigenvalue weighted by atomic mass is 32.1. The van der Waals surface area contributed by atoms with E-state index in [-0.39, 0.29) is 0 Å². The molecule has 0 saturated heterocycles. The summed E-state index contributed by atoms with van der Waals surface area (Å²) in [6.07, 6.45) is 0.264. The lowest BCUT2D eigenvalue weighted by Gasteiger charge is -2.11. The maximum Gasteiger partial charge on any atom is 0.409 e. The van der Waals surface area contributed by atoms with Crippen molar-refractivity contribution in [1.29, 1.82) is 0 Å². The molecule has 27 heavy (non-hydrogen) atoms. The van der Waals surface area contributed by atoms with E-state index in [0.717, 1.165) is 22.3 Å². The quantitative estimate of drug-likeness (QED) is 0.597. The molecule has 0 spiro atoms. The highest BCUT2D eigenvalue weighted by Gasteiger charge is 2.51. The van der Waals surface area contributed by atoms with Crippen molar-refractivity contribution in [2.75, 3.05) is 5.32 Å². The summed E-state index contributed by atoms with van der Waals surface area (Å²) >= 11 is 1.23. The molecule has 0 bridgehead atoms. The fraction of sp³-hybridized carbons (Fsp3) is 0.150. The second kappa shape index (κ2) is 6.51. The Morgan fingerprint density at radius 2 is 1.48 bits per heavy atom. The van der Waals surface area contributed by atoms with Crippen molar-refractivity contribution < 1.29 is 19.8 Å². The van der Waals surface area contributed by atoms with Gasteiger partial charge in [-0.3, -0.25) is 10.1 Å². The first-order valence-electron chi connectivity index (χ1n) is 8.38. The minimum absolute atomic E-state index is 0.489. The number of benzene rings is 2. The van der Waals surface area contributed by atoms with E-state index >= 15 is 0 Å². The minimum atomic E-state index is -1.12. The molecular weight excluding hydrogens is 364 g/mol. The molecule has 2 aromatic carbocycles. The summed E-state index contributed by atoms with van der Waals surface area (Å²) in [6.45, 7) is 0. The van der Waals surface area contributed by atoms with E-state index in [1.807, 2.05) is 48.5 Å². The topological polar surface area (TPSA) is 99.5 Å².